The Labute approximate surface area is 299 Å². The average Bonchev–Trinajstić information content (AvgIpc) is 3.90. The number of rotatable bonds is 4. The van der Waals surface area contributed by atoms with E-state index in [2.05, 4.69) is 34.9 Å². The van der Waals surface area contributed by atoms with Crippen molar-refractivity contribution in [1.29, 1.82) is 0 Å². The van der Waals surface area contributed by atoms with Gasteiger partial charge in [-0.05, 0) is 54.5 Å². The lowest BCUT2D eigenvalue weighted by Crippen LogP contribution is -2.06. The van der Waals surface area contributed by atoms with Crippen molar-refractivity contribution in [2.45, 2.75) is 0 Å². The van der Waals surface area contributed by atoms with Gasteiger partial charge in [-0.25, -0.2) is 4.98 Å². The quantitative estimate of drug-likeness (QED) is 0.189. The number of benzene rings is 7. The number of para-hydroxylation sites is 5. The van der Waals surface area contributed by atoms with E-state index in [9.17, 15) is 0 Å². The lowest BCUT2D eigenvalue weighted by molar-refractivity contribution is 0.669. The Morgan fingerprint density at radius 1 is 0.431 bits per heavy atom. The average molecular weight is 660 g/mol. The van der Waals surface area contributed by atoms with Crippen LogP contribution in [0, 0.1) is 0 Å². The highest BCUT2D eigenvalue weighted by atomic mass is 16.3. The van der Waals surface area contributed by atoms with Crippen molar-refractivity contribution in [3.8, 4) is 34.4 Å². The van der Waals surface area contributed by atoms with Crippen LogP contribution in [-0.2, 0) is 0 Å². The Bertz CT molecular complexity index is 3430. The zero-order valence-electron chi connectivity index (χ0n) is 32.8. The molecular weight excluding hydrogens is 627 g/mol. The fraction of sp³-hybridized carbons (Fsp3) is 0. The topological polar surface area (TPSA) is 61.7 Å². The largest absolute Gasteiger partial charge is 0.456 e. The van der Waals surface area contributed by atoms with Crippen molar-refractivity contribution in [1.82, 2.24) is 24.1 Å². The van der Waals surface area contributed by atoms with Gasteiger partial charge in [-0.1, -0.05) is 109 Å². The van der Waals surface area contributed by atoms with Crippen molar-refractivity contribution in [3.63, 3.8) is 0 Å². The van der Waals surface area contributed by atoms with Gasteiger partial charge in [-0.2, -0.15) is 9.97 Å². The van der Waals surface area contributed by atoms with Crippen LogP contribution in [0.4, 0.5) is 0 Å². The third kappa shape index (κ3) is 4.20. The molecule has 0 fully saturated rings. The highest BCUT2D eigenvalue weighted by Crippen LogP contribution is 2.37. The zero-order chi connectivity index (χ0) is 38.7. The van der Waals surface area contributed by atoms with E-state index in [0.717, 1.165) is 43.8 Å². The van der Waals surface area contributed by atoms with Crippen LogP contribution < -0.4 is 0 Å². The van der Waals surface area contributed by atoms with Gasteiger partial charge in [0.25, 0.3) is 0 Å². The number of hydrogen-bond acceptors (Lipinski definition) is 4. The second-order valence-corrected chi connectivity index (χ2v) is 12.4. The molecule has 0 amide bonds. The van der Waals surface area contributed by atoms with E-state index in [-0.39, 0.29) is 64.0 Å². The first-order valence-corrected chi connectivity index (χ1v) is 16.5. The first-order chi connectivity index (χ1) is 27.7. The molecule has 0 bridgehead atoms. The molecule has 238 valence electrons. The lowest BCUT2D eigenvalue weighted by atomic mass is 10.1. The number of hydrogen-bond donors (Lipinski definition) is 0. The Hall–Kier alpha value is -7.05. The van der Waals surface area contributed by atoms with Crippen LogP contribution in [0.5, 0.6) is 0 Å². The molecule has 7 aromatic carbocycles. The monoisotopic (exact) mass is 659 g/mol. The Kier molecular flexibility index (Phi) is 4.74. The Morgan fingerprint density at radius 2 is 1.04 bits per heavy atom. The normalized spacial score (nSPS) is 13.6. The Balaban J connectivity index is 1.24. The third-order valence-corrected chi connectivity index (χ3v) is 9.53. The van der Waals surface area contributed by atoms with E-state index >= 15 is 0 Å². The fourth-order valence-corrected chi connectivity index (χ4v) is 7.27. The van der Waals surface area contributed by atoms with Gasteiger partial charge in [0.15, 0.2) is 11.6 Å². The molecule has 4 aromatic heterocycles. The molecule has 0 radical (unpaired) electrons. The number of furan rings is 1. The van der Waals surface area contributed by atoms with Crippen molar-refractivity contribution < 1.29 is 12.6 Å². The van der Waals surface area contributed by atoms with Gasteiger partial charge in [0.1, 0.15) is 11.2 Å². The highest BCUT2D eigenvalue weighted by molar-refractivity contribution is 6.11. The van der Waals surface area contributed by atoms with E-state index in [1.165, 1.54) is 16.7 Å². The molecule has 6 heteroatoms. The maximum atomic E-state index is 9.07. The fourth-order valence-electron chi connectivity index (χ4n) is 7.27. The predicted molar refractivity (Wildman–Crippen MR) is 207 cm³/mol. The summed E-state index contributed by atoms with van der Waals surface area (Å²) in [5.74, 6) is 0.658. The van der Waals surface area contributed by atoms with Crippen molar-refractivity contribution in [2.75, 3.05) is 0 Å². The number of nitrogens with zero attached hydrogens (tertiary/aromatic N) is 5. The minimum atomic E-state index is -0.215. The van der Waals surface area contributed by atoms with Gasteiger partial charge >= 0.3 is 0 Å². The summed E-state index contributed by atoms with van der Waals surface area (Å²) in [4.78, 5) is 15.1. The van der Waals surface area contributed by atoms with E-state index in [1.54, 1.807) is 0 Å². The van der Waals surface area contributed by atoms with E-state index in [0.29, 0.717) is 28.4 Å². The maximum absolute atomic E-state index is 9.07. The summed E-state index contributed by atoms with van der Waals surface area (Å²) in [7, 11) is 0. The molecule has 0 aliphatic rings. The van der Waals surface area contributed by atoms with E-state index in [1.807, 2.05) is 84.9 Å². The van der Waals surface area contributed by atoms with Gasteiger partial charge < -0.3 is 8.98 Å². The van der Waals surface area contributed by atoms with E-state index < -0.39 is 0 Å². The van der Waals surface area contributed by atoms with E-state index in [4.69, 9.17) is 27.6 Å². The van der Waals surface area contributed by atoms with Gasteiger partial charge in [0.05, 0.1) is 30.3 Å². The van der Waals surface area contributed by atoms with Gasteiger partial charge in [0, 0.05) is 49.1 Å². The minimum Gasteiger partial charge on any atom is -0.456 e. The number of aromatic nitrogens is 5. The summed E-state index contributed by atoms with van der Waals surface area (Å²) in [6.07, 6.45) is 0. The van der Waals surface area contributed by atoms with Crippen LogP contribution in [0.1, 0.15) is 8.22 Å². The molecule has 0 aliphatic heterocycles. The maximum Gasteiger partial charge on any atom is 0.238 e. The van der Waals surface area contributed by atoms with Gasteiger partial charge in [-0.15, -0.1) is 0 Å². The zero-order valence-corrected chi connectivity index (χ0v) is 26.8. The summed E-state index contributed by atoms with van der Waals surface area (Å²) < 4.78 is 62.9. The second-order valence-electron chi connectivity index (χ2n) is 12.4. The summed E-state index contributed by atoms with van der Waals surface area (Å²) in [5.41, 5.74) is 6.01. The summed E-state index contributed by atoms with van der Waals surface area (Å²) in [6, 6.07) is 39.6. The molecular formula is C45H27N5O. The van der Waals surface area contributed by atoms with Crippen LogP contribution in [0.3, 0.4) is 0 Å². The van der Waals surface area contributed by atoms with Crippen molar-refractivity contribution in [2.24, 2.45) is 0 Å². The SMILES string of the molecule is [2H]c1cc([2H])c2c(c1[2H])c1c([2H])c([2H])cc([2H])c1n2-c1nc(-c2ccc3c(c2)oc2ccccc23)nc(-c2ccc3c4ccccc4n(-c4ccccc4)c3c2)n1. The summed E-state index contributed by atoms with van der Waals surface area (Å²) in [5, 5.41) is 4.30. The molecule has 11 aromatic rings. The molecule has 51 heavy (non-hydrogen) atoms. The third-order valence-electron chi connectivity index (χ3n) is 9.53. The Morgan fingerprint density at radius 3 is 1.80 bits per heavy atom. The first kappa shape index (κ1) is 22.6. The second kappa shape index (κ2) is 10.7. The standard InChI is InChI=1S/C45H27N5O/c1-2-12-30(13-3-1)49-37-18-8-4-16-33(37)34-24-22-28(26-40(34)49)43-46-44(29-23-25-36-35-17-7-11-21-41(35)51-42(36)27-29)48-45(47-43)50-38-19-9-5-14-31(38)32-15-6-10-20-39(32)50/h1-27H/i5D,6D,14D,15D,19D,20D. The highest BCUT2D eigenvalue weighted by Gasteiger charge is 2.20. The molecule has 11 rings (SSSR count). The van der Waals surface area contributed by atoms with Crippen molar-refractivity contribution >= 4 is 65.6 Å². The van der Waals surface area contributed by atoms with Crippen LogP contribution in [-0.4, -0.2) is 24.1 Å². The molecule has 0 saturated heterocycles. The van der Waals surface area contributed by atoms with Crippen LogP contribution in [0.2, 0.25) is 0 Å². The number of fused-ring (bicyclic) bond motifs is 9. The predicted octanol–water partition coefficient (Wildman–Crippen LogP) is 11.3. The molecule has 0 N–H and O–H groups in total. The minimum absolute atomic E-state index is 0.0552. The summed E-state index contributed by atoms with van der Waals surface area (Å²) in [6.45, 7) is 0. The molecule has 0 saturated carbocycles. The molecule has 6 nitrogen and oxygen atoms in total. The van der Waals surface area contributed by atoms with Crippen LogP contribution in [0.15, 0.2) is 168 Å². The first-order valence-electron chi connectivity index (χ1n) is 19.5. The lowest BCUT2D eigenvalue weighted by Gasteiger charge is -2.12. The smallest absolute Gasteiger partial charge is 0.238 e. The molecule has 0 spiro atoms. The van der Waals surface area contributed by atoms with Crippen molar-refractivity contribution in [3.05, 3.63) is 164 Å². The molecule has 0 unspecified atom stereocenters. The molecule has 4 heterocycles. The molecule has 0 atom stereocenters. The van der Waals surface area contributed by atoms with Crippen LogP contribution in [0.25, 0.3) is 100.0 Å². The summed E-state index contributed by atoms with van der Waals surface area (Å²) >= 11 is 0. The molecule has 0 aliphatic carbocycles. The van der Waals surface area contributed by atoms with Gasteiger partial charge in [-0.3, -0.25) is 4.57 Å². The van der Waals surface area contributed by atoms with Gasteiger partial charge in [0.2, 0.25) is 5.95 Å². The van der Waals surface area contributed by atoms with Crippen LogP contribution >= 0.6 is 0 Å².